The number of anilines is 1. The number of fused-ring (bicyclic) bond motifs is 1. The summed E-state index contributed by atoms with van der Waals surface area (Å²) in [7, 11) is 0. The first-order valence-corrected chi connectivity index (χ1v) is 14.8. The molecule has 3 heterocycles. The lowest BCUT2D eigenvalue weighted by molar-refractivity contribution is -0.122. The standard InChI is InChI=1S/C28H45ClN6O8/c1-19(2)16-42-12-11-41-10-9-40-8-7-39-6-5-23(38)30-17-28(3,4)18-31-24-21-14-32-35(25(21)34-27(29)33-24)26-22(37)13-20(15-36)43-26/h14,20,22,26,36-37H,1,5-13,15-18H2,2-4H3,(H,30,38)(H,31,33,34)/t20-,22+,26+/m0/s1. The van der Waals surface area contributed by atoms with Crippen LogP contribution in [0.25, 0.3) is 11.0 Å². The van der Waals surface area contributed by atoms with Crippen molar-refractivity contribution in [3.8, 4) is 0 Å². The van der Waals surface area contributed by atoms with Crippen molar-refractivity contribution in [1.82, 2.24) is 25.1 Å². The number of carbonyl (C=O) groups excluding carboxylic acids is 1. The lowest BCUT2D eigenvalue weighted by Crippen LogP contribution is -2.38. The van der Waals surface area contributed by atoms with Crippen LogP contribution in [-0.4, -0.2) is 121 Å². The summed E-state index contributed by atoms with van der Waals surface area (Å²) in [4.78, 5) is 20.9. The Balaban J connectivity index is 1.31. The van der Waals surface area contributed by atoms with Gasteiger partial charge in [0.05, 0.1) is 77.1 Å². The van der Waals surface area contributed by atoms with Crippen LogP contribution in [0.15, 0.2) is 18.3 Å². The van der Waals surface area contributed by atoms with Gasteiger partial charge in [-0.05, 0) is 23.9 Å². The average Bonchev–Trinajstić information content (AvgIpc) is 3.55. The molecule has 1 amide bonds. The van der Waals surface area contributed by atoms with Crippen LogP contribution < -0.4 is 10.6 Å². The van der Waals surface area contributed by atoms with Gasteiger partial charge in [0.2, 0.25) is 11.2 Å². The monoisotopic (exact) mass is 628 g/mol. The third-order valence-corrected chi connectivity index (χ3v) is 6.64. The number of rotatable bonds is 21. The molecule has 3 rings (SSSR count). The molecule has 2 aromatic rings. The van der Waals surface area contributed by atoms with E-state index in [9.17, 15) is 15.0 Å². The zero-order valence-electron chi connectivity index (χ0n) is 25.2. The highest BCUT2D eigenvalue weighted by molar-refractivity contribution is 6.28. The van der Waals surface area contributed by atoms with Gasteiger partial charge in [0, 0.05) is 25.9 Å². The largest absolute Gasteiger partial charge is 0.394 e. The quantitative estimate of drug-likeness (QED) is 0.0897. The molecule has 4 N–H and O–H groups in total. The summed E-state index contributed by atoms with van der Waals surface area (Å²) >= 11 is 6.20. The number of aromatic nitrogens is 4. The molecule has 15 heteroatoms. The fourth-order valence-corrected chi connectivity index (χ4v) is 4.33. The topological polar surface area (TPSA) is 171 Å². The first-order valence-electron chi connectivity index (χ1n) is 14.4. The molecule has 2 aromatic heterocycles. The maximum atomic E-state index is 12.3. The normalized spacial score (nSPS) is 18.8. The minimum atomic E-state index is -0.847. The van der Waals surface area contributed by atoms with Gasteiger partial charge in [-0.25, -0.2) is 4.68 Å². The predicted molar refractivity (Wildman–Crippen MR) is 160 cm³/mol. The maximum absolute atomic E-state index is 12.3. The Kier molecular flexibility index (Phi) is 14.5. The van der Waals surface area contributed by atoms with Crippen molar-refractivity contribution in [3.63, 3.8) is 0 Å². The second kappa shape index (κ2) is 17.8. The molecular weight excluding hydrogens is 584 g/mol. The summed E-state index contributed by atoms with van der Waals surface area (Å²) in [5, 5.41) is 31.0. The fourth-order valence-electron chi connectivity index (χ4n) is 4.17. The highest BCUT2D eigenvalue weighted by Crippen LogP contribution is 2.32. The summed E-state index contributed by atoms with van der Waals surface area (Å²) in [6.07, 6.45) is -0.0162. The van der Waals surface area contributed by atoms with Crippen LogP contribution in [0.3, 0.4) is 0 Å². The van der Waals surface area contributed by atoms with Crippen molar-refractivity contribution in [1.29, 1.82) is 0 Å². The molecular formula is C28H45ClN6O8. The zero-order valence-corrected chi connectivity index (χ0v) is 26.0. The van der Waals surface area contributed by atoms with Gasteiger partial charge in [0.25, 0.3) is 0 Å². The van der Waals surface area contributed by atoms with Crippen molar-refractivity contribution in [3.05, 3.63) is 23.6 Å². The van der Waals surface area contributed by atoms with E-state index in [1.54, 1.807) is 6.20 Å². The first kappa shape index (κ1) is 35.1. The molecule has 0 aliphatic carbocycles. The van der Waals surface area contributed by atoms with Crippen molar-refractivity contribution in [2.75, 3.05) is 77.9 Å². The number of hydrogen-bond donors (Lipinski definition) is 4. The lowest BCUT2D eigenvalue weighted by atomic mass is 9.93. The Bertz CT molecular complexity index is 1170. The minimum absolute atomic E-state index is 0.00727. The molecule has 0 bridgehead atoms. The number of nitrogens with one attached hydrogen (secondary N) is 2. The number of halogens is 1. The van der Waals surface area contributed by atoms with Crippen LogP contribution >= 0.6 is 11.6 Å². The van der Waals surface area contributed by atoms with E-state index < -0.39 is 18.4 Å². The molecule has 1 aliphatic rings. The van der Waals surface area contributed by atoms with Gasteiger partial charge in [-0.15, -0.1) is 0 Å². The van der Waals surface area contributed by atoms with Crippen LogP contribution in [0, 0.1) is 5.41 Å². The average molecular weight is 629 g/mol. The molecule has 1 saturated heterocycles. The van der Waals surface area contributed by atoms with Gasteiger partial charge in [0.1, 0.15) is 11.9 Å². The van der Waals surface area contributed by atoms with Crippen LogP contribution in [0.1, 0.15) is 39.8 Å². The molecule has 0 saturated carbocycles. The number of ether oxygens (including phenoxy) is 5. The number of carbonyl (C=O) groups is 1. The van der Waals surface area contributed by atoms with Gasteiger partial charge in [-0.1, -0.05) is 26.0 Å². The van der Waals surface area contributed by atoms with Crippen molar-refractivity contribution in [2.24, 2.45) is 5.41 Å². The van der Waals surface area contributed by atoms with E-state index in [2.05, 4.69) is 32.3 Å². The first-order chi connectivity index (χ1) is 20.6. The predicted octanol–water partition coefficient (Wildman–Crippen LogP) is 1.71. The molecule has 0 unspecified atom stereocenters. The number of amides is 1. The number of aliphatic hydroxyl groups excluding tert-OH is 2. The van der Waals surface area contributed by atoms with E-state index in [4.69, 9.17) is 35.3 Å². The third-order valence-electron chi connectivity index (χ3n) is 6.47. The summed E-state index contributed by atoms with van der Waals surface area (Å²) < 4.78 is 28.9. The zero-order chi connectivity index (χ0) is 31.2. The van der Waals surface area contributed by atoms with Gasteiger partial charge in [-0.2, -0.15) is 15.1 Å². The van der Waals surface area contributed by atoms with Crippen LogP contribution in [-0.2, 0) is 28.5 Å². The van der Waals surface area contributed by atoms with Gasteiger partial charge in [-0.3, -0.25) is 4.79 Å². The molecule has 0 radical (unpaired) electrons. The highest BCUT2D eigenvalue weighted by Gasteiger charge is 2.36. The van der Waals surface area contributed by atoms with E-state index in [-0.39, 0.29) is 36.1 Å². The number of aliphatic hydroxyl groups is 2. The second-order valence-electron chi connectivity index (χ2n) is 11.2. The Morgan fingerprint density at radius 1 is 1.12 bits per heavy atom. The van der Waals surface area contributed by atoms with Crippen LogP contribution in [0.5, 0.6) is 0 Å². The van der Waals surface area contributed by atoms with Gasteiger partial charge >= 0.3 is 0 Å². The number of hydrogen-bond acceptors (Lipinski definition) is 12. The summed E-state index contributed by atoms with van der Waals surface area (Å²) in [5.41, 5.74) is 1.05. The molecule has 14 nitrogen and oxygen atoms in total. The molecule has 0 spiro atoms. The minimum Gasteiger partial charge on any atom is -0.394 e. The van der Waals surface area contributed by atoms with Crippen molar-refractivity contribution >= 4 is 34.4 Å². The van der Waals surface area contributed by atoms with Crippen LogP contribution in [0.4, 0.5) is 5.82 Å². The van der Waals surface area contributed by atoms with E-state index in [1.165, 1.54) is 4.68 Å². The smallest absolute Gasteiger partial charge is 0.226 e. The Labute approximate surface area is 257 Å². The number of nitrogens with zero attached hydrogens (tertiary/aromatic N) is 4. The lowest BCUT2D eigenvalue weighted by Gasteiger charge is -2.26. The summed E-state index contributed by atoms with van der Waals surface area (Å²) in [6.45, 7) is 14.0. The second-order valence-corrected chi connectivity index (χ2v) is 11.5. The Morgan fingerprint density at radius 3 is 2.40 bits per heavy atom. The van der Waals surface area contributed by atoms with E-state index in [0.717, 1.165) is 5.57 Å². The maximum Gasteiger partial charge on any atom is 0.226 e. The Hall–Kier alpha value is -2.43. The molecule has 242 valence electrons. The van der Waals surface area contributed by atoms with Crippen molar-refractivity contribution in [2.45, 2.75) is 52.0 Å². The SMILES string of the molecule is C=C(C)COCCOCCOCCOCCC(=O)NCC(C)(C)CNc1nc(Cl)nc2c1cnn2[C@@H]1O[C@H](CO)C[C@H]1O. The molecule has 43 heavy (non-hydrogen) atoms. The Morgan fingerprint density at radius 2 is 1.77 bits per heavy atom. The molecule has 0 aromatic carbocycles. The third kappa shape index (κ3) is 11.9. The summed E-state index contributed by atoms with van der Waals surface area (Å²) in [6, 6.07) is 0. The van der Waals surface area contributed by atoms with E-state index >= 15 is 0 Å². The highest BCUT2D eigenvalue weighted by atomic mass is 35.5. The van der Waals surface area contributed by atoms with Gasteiger partial charge in [0.15, 0.2) is 11.9 Å². The molecule has 1 aliphatic heterocycles. The fraction of sp³-hybridized carbons (Fsp3) is 0.714. The molecule has 1 fully saturated rings. The van der Waals surface area contributed by atoms with Crippen LogP contribution in [0.2, 0.25) is 5.28 Å². The van der Waals surface area contributed by atoms with Gasteiger partial charge < -0.3 is 44.5 Å². The van der Waals surface area contributed by atoms with E-state index in [0.29, 0.717) is 82.8 Å². The van der Waals surface area contributed by atoms with Crippen molar-refractivity contribution < 1.29 is 38.7 Å². The van der Waals surface area contributed by atoms with E-state index in [1.807, 2.05) is 20.8 Å². The molecule has 3 atom stereocenters. The summed E-state index contributed by atoms with van der Waals surface area (Å²) in [5.74, 6) is 0.364.